The quantitative estimate of drug-likeness (QED) is 0.917. The molecular weight excluding hydrogens is 301 g/mol. The van der Waals surface area contributed by atoms with E-state index >= 15 is 0 Å². The number of alkyl halides is 3. The Morgan fingerprint density at radius 2 is 2.05 bits per heavy atom. The van der Waals surface area contributed by atoms with Crippen LogP contribution in [0.3, 0.4) is 0 Å². The zero-order valence-electron chi connectivity index (χ0n) is 11.0. The van der Waals surface area contributed by atoms with Crippen molar-refractivity contribution in [2.45, 2.75) is 12.7 Å². The normalized spacial score (nSPS) is 11.0. The van der Waals surface area contributed by atoms with Gasteiger partial charge in [0, 0.05) is 17.1 Å². The maximum Gasteiger partial charge on any atom is 0.418 e. The molecule has 2 aromatic rings. The van der Waals surface area contributed by atoms with Crippen LogP contribution in [-0.2, 0) is 12.7 Å². The van der Waals surface area contributed by atoms with Crippen molar-refractivity contribution in [2.24, 2.45) is 0 Å². The molecule has 0 amide bonds. The molecule has 0 saturated heterocycles. The summed E-state index contributed by atoms with van der Waals surface area (Å²) in [5.41, 5.74) is -0.797. The molecule has 0 bridgehead atoms. The molecule has 0 spiro atoms. The van der Waals surface area contributed by atoms with E-state index in [-0.39, 0.29) is 18.0 Å². The minimum Gasteiger partial charge on any atom is -0.497 e. The first-order chi connectivity index (χ1) is 9.94. The van der Waals surface area contributed by atoms with Gasteiger partial charge in [0.15, 0.2) is 0 Å². The topological polar surface area (TPSA) is 45.0 Å². The summed E-state index contributed by atoms with van der Waals surface area (Å²) in [7, 11) is 1.32. The molecule has 21 heavy (non-hydrogen) atoms. The highest BCUT2D eigenvalue weighted by atomic mass is 32.1. The minimum absolute atomic E-state index is 0.0183. The van der Waals surface area contributed by atoms with Crippen molar-refractivity contribution in [2.75, 3.05) is 12.4 Å². The van der Waals surface area contributed by atoms with Crippen LogP contribution >= 0.6 is 11.3 Å². The number of nitrogens with zero attached hydrogens (tertiary/aromatic N) is 1. The molecule has 7 heteroatoms. The van der Waals surface area contributed by atoms with E-state index in [2.05, 4.69) is 5.32 Å². The number of ether oxygens (including phenoxy) is 1. The molecule has 110 valence electrons. The van der Waals surface area contributed by atoms with Crippen molar-refractivity contribution >= 4 is 17.0 Å². The number of halogens is 3. The van der Waals surface area contributed by atoms with Gasteiger partial charge in [0.2, 0.25) is 0 Å². The average molecular weight is 312 g/mol. The maximum atomic E-state index is 13.0. The third-order valence-corrected chi connectivity index (χ3v) is 3.75. The summed E-state index contributed by atoms with van der Waals surface area (Å²) >= 11 is 1.24. The number of hydrogen-bond donors (Lipinski definition) is 1. The summed E-state index contributed by atoms with van der Waals surface area (Å²) in [5.74, 6) is 0.149. The van der Waals surface area contributed by atoms with Crippen LogP contribution in [0.4, 0.5) is 18.9 Å². The van der Waals surface area contributed by atoms with Crippen LogP contribution in [0.2, 0.25) is 0 Å². The van der Waals surface area contributed by atoms with Gasteiger partial charge < -0.3 is 10.1 Å². The lowest BCUT2D eigenvalue weighted by Crippen LogP contribution is -2.10. The van der Waals surface area contributed by atoms with Crippen molar-refractivity contribution in [3.8, 4) is 11.8 Å². The van der Waals surface area contributed by atoms with Crippen LogP contribution in [0.15, 0.2) is 30.3 Å². The number of anilines is 1. The highest BCUT2D eigenvalue weighted by Gasteiger charge is 2.34. The highest BCUT2D eigenvalue weighted by molar-refractivity contribution is 7.12. The van der Waals surface area contributed by atoms with Gasteiger partial charge in [0.05, 0.1) is 12.7 Å². The van der Waals surface area contributed by atoms with E-state index in [1.165, 1.54) is 30.6 Å². The minimum atomic E-state index is -4.47. The number of benzene rings is 1. The molecule has 0 fully saturated rings. The van der Waals surface area contributed by atoms with E-state index < -0.39 is 11.7 Å². The van der Waals surface area contributed by atoms with Crippen LogP contribution in [0.25, 0.3) is 0 Å². The van der Waals surface area contributed by atoms with Gasteiger partial charge in [-0.3, -0.25) is 0 Å². The number of nitrogens with one attached hydrogen (secondary N) is 1. The van der Waals surface area contributed by atoms with Crippen molar-refractivity contribution in [3.63, 3.8) is 0 Å². The standard InChI is InChI=1S/C14H11F3N2OS/c1-20-9-2-5-13(12(6-9)14(15,16)17)19-8-11-4-3-10(7-18)21-11/h2-6,19H,8H2,1H3. The number of rotatable bonds is 4. The molecule has 0 atom stereocenters. The summed E-state index contributed by atoms with van der Waals surface area (Å²) in [6, 6.07) is 9.10. The van der Waals surface area contributed by atoms with Crippen LogP contribution in [0.1, 0.15) is 15.3 Å². The predicted octanol–water partition coefficient (Wildman–Crippen LogP) is 4.26. The molecule has 1 aromatic heterocycles. The lowest BCUT2D eigenvalue weighted by Gasteiger charge is -2.15. The Kier molecular flexibility index (Phi) is 4.38. The number of nitriles is 1. The van der Waals surface area contributed by atoms with E-state index in [0.29, 0.717) is 4.88 Å². The first kappa shape index (κ1) is 15.2. The predicted molar refractivity (Wildman–Crippen MR) is 74.4 cm³/mol. The van der Waals surface area contributed by atoms with Crippen LogP contribution in [-0.4, -0.2) is 7.11 Å². The van der Waals surface area contributed by atoms with Gasteiger partial charge in [-0.05, 0) is 30.3 Å². The molecule has 0 aliphatic carbocycles. The summed E-state index contributed by atoms with van der Waals surface area (Å²) in [6.07, 6.45) is -4.47. The second kappa shape index (κ2) is 6.06. The summed E-state index contributed by atoms with van der Waals surface area (Å²) in [5, 5.41) is 11.5. The lowest BCUT2D eigenvalue weighted by molar-refractivity contribution is -0.137. The molecule has 2 rings (SSSR count). The molecule has 1 aromatic carbocycles. The third kappa shape index (κ3) is 3.67. The van der Waals surface area contributed by atoms with Gasteiger partial charge in [-0.2, -0.15) is 18.4 Å². The molecule has 0 radical (unpaired) electrons. The van der Waals surface area contributed by atoms with E-state index in [1.807, 2.05) is 6.07 Å². The molecule has 0 aliphatic rings. The van der Waals surface area contributed by atoms with Gasteiger partial charge in [0.1, 0.15) is 16.7 Å². The van der Waals surface area contributed by atoms with Gasteiger partial charge in [-0.25, -0.2) is 0 Å². The second-order valence-corrected chi connectivity index (χ2v) is 5.31. The van der Waals surface area contributed by atoms with Gasteiger partial charge in [0.25, 0.3) is 0 Å². The Morgan fingerprint density at radius 1 is 1.29 bits per heavy atom. The molecule has 0 aliphatic heterocycles. The van der Waals surface area contributed by atoms with E-state index in [9.17, 15) is 13.2 Å². The Hall–Kier alpha value is -2.20. The summed E-state index contributed by atoms with van der Waals surface area (Å²) < 4.78 is 43.9. The second-order valence-electron chi connectivity index (χ2n) is 4.14. The Morgan fingerprint density at radius 3 is 2.62 bits per heavy atom. The van der Waals surface area contributed by atoms with Crippen LogP contribution in [0, 0.1) is 11.3 Å². The Bertz CT molecular complexity index is 674. The van der Waals surface area contributed by atoms with E-state index in [1.54, 1.807) is 12.1 Å². The first-order valence-corrected chi connectivity index (χ1v) is 6.73. The number of hydrogen-bond acceptors (Lipinski definition) is 4. The zero-order valence-corrected chi connectivity index (χ0v) is 11.8. The summed E-state index contributed by atoms with van der Waals surface area (Å²) in [4.78, 5) is 1.31. The lowest BCUT2D eigenvalue weighted by atomic mass is 10.1. The largest absolute Gasteiger partial charge is 0.497 e. The smallest absolute Gasteiger partial charge is 0.418 e. The van der Waals surface area contributed by atoms with Crippen molar-refractivity contribution < 1.29 is 17.9 Å². The first-order valence-electron chi connectivity index (χ1n) is 5.92. The van der Waals surface area contributed by atoms with Gasteiger partial charge in [-0.1, -0.05) is 0 Å². The van der Waals surface area contributed by atoms with E-state index in [0.717, 1.165) is 10.9 Å². The summed E-state index contributed by atoms with van der Waals surface area (Å²) in [6.45, 7) is 0.224. The Balaban J connectivity index is 2.21. The molecule has 3 nitrogen and oxygen atoms in total. The van der Waals surface area contributed by atoms with Gasteiger partial charge >= 0.3 is 6.18 Å². The average Bonchev–Trinajstić information content (AvgIpc) is 2.92. The van der Waals surface area contributed by atoms with Crippen molar-refractivity contribution in [3.05, 3.63) is 45.6 Å². The van der Waals surface area contributed by atoms with Crippen LogP contribution in [0.5, 0.6) is 5.75 Å². The highest BCUT2D eigenvalue weighted by Crippen LogP contribution is 2.37. The van der Waals surface area contributed by atoms with Crippen molar-refractivity contribution in [1.82, 2.24) is 0 Å². The molecular formula is C14H11F3N2OS. The molecule has 0 saturated carbocycles. The fourth-order valence-corrected chi connectivity index (χ4v) is 2.50. The maximum absolute atomic E-state index is 13.0. The molecule has 0 unspecified atom stereocenters. The van der Waals surface area contributed by atoms with E-state index in [4.69, 9.17) is 10.00 Å². The van der Waals surface area contributed by atoms with Crippen LogP contribution < -0.4 is 10.1 Å². The monoisotopic (exact) mass is 312 g/mol. The van der Waals surface area contributed by atoms with Crippen molar-refractivity contribution in [1.29, 1.82) is 5.26 Å². The third-order valence-electron chi connectivity index (χ3n) is 2.76. The zero-order chi connectivity index (χ0) is 15.5. The number of thiophene rings is 1. The molecule has 1 N–H and O–H groups in total. The molecule has 1 heterocycles. The SMILES string of the molecule is COc1ccc(NCc2ccc(C#N)s2)c(C(F)(F)F)c1. The van der Waals surface area contributed by atoms with Gasteiger partial charge in [-0.15, -0.1) is 11.3 Å². The fourth-order valence-electron chi connectivity index (χ4n) is 1.75. The Labute approximate surface area is 123 Å². The number of methoxy groups -OCH3 is 1. The fraction of sp³-hybridized carbons (Fsp3) is 0.214.